The van der Waals surface area contributed by atoms with E-state index in [-0.39, 0.29) is 6.04 Å². The highest BCUT2D eigenvalue weighted by molar-refractivity contribution is 5.82. The molecular formula is C14H26N2O. The first-order chi connectivity index (χ1) is 8.08. The number of rotatable bonds is 1. The van der Waals surface area contributed by atoms with E-state index in [1.54, 1.807) is 0 Å². The van der Waals surface area contributed by atoms with Crippen molar-refractivity contribution in [3.63, 3.8) is 0 Å². The number of nitrogens with zero attached hydrogens (tertiary/aromatic N) is 1. The highest BCUT2D eigenvalue weighted by Gasteiger charge is 2.32. The second-order valence-electron chi connectivity index (χ2n) is 6.38. The van der Waals surface area contributed by atoms with Crippen LogP contribution < -0.4 is 5.32 Å². The first-order valence-electron chi connectivity index (χ1n) is 7.11. The fraction of sp³-hybridized carbons (Fsp3) is 0.929. The molecule has 0 aromatic heterocycles. The molecule has 0 bridgehead atoms. The Labute approximate surface area is 105 Å². The zero-order chi connectivity index (χ0) is 12.3. The summed E-state index contributed by atoms with van der Waals surface area (Å²) in [6, 6.07) is 0.0893. The number of carbonyl (C=O) groups excluding carboxylic acids is 1. The van der Waals surface area contributed by atoms with E-state index in [0.29, 0.717) is 11.3 Å². The van der Waals surface area contributed by atoms with Crippen LogP contribution in [0.25, 0.3) is 0 Å². The van der Waals surface area contributed by atoms with Crippen molar-refractivity contribution in [1.29, 1.82) is 0 Å². The normalized spacial score (nSPS) is 29.8. The molecule has 2 heterocycles. The van der Waals surface area contributed by atoms with Gasteiger partial charge < -0.3 is 10.2 Å². The minimum absolute atomic E-state index is 0.0893. The molecule has 0 aliphatic carbocycles. The van der Waals surface area contributed by atoms with Gasteiger partial charge in [0, 0.05) is 13.1 Å². The molecule has 2 rings (SSSR count). The van der Waals surface area contributed by atoms with Crippen molar-refractivity contribution < 1.29 is 4.79 Å². The van der Waals surface area contributed by atoms with Crippen LogP contribution in [0, 0.1) is 5.41 Å². The molecule has 1 atom stereocenters. The number of piperidine rings is 1. The second-order valence-corrected chi connectivity index (χ2v) is 6.38. The smallest absolute Gasteiger partial charge is 0.239 e. The van der Waals surface area contributed by atoms with Gasteiger partial charge in [0.15, 0.2) is 0 Å². The van der Waals surface area contributed by atoms with Crippen LogP contribution in [0.1, 0.15) is 52.4 Å². The molecule has 17 heavy (non-hydrogen) atoms. The molecular weight excluding hydrogens is 212 g/mol. The fourth-order valence-corrected chi connectivity index (χ4v) is 3.07. The fourth-order valence-electron chi connectivity index (χ4n) is 3.07. The van der Waals surface area contributed by atoms with Crippen LogP contribution in [0.4, 0.5) is 0 Å². The summed E-state index contributed by atoms with van der Waals surface area (Å²) in [5.74, 6) is 0.347. The maximum Gasteiger partial charge on any atom is 0.239 e. The van der Waals surface area contributed by atoms with E-state index in [2.05, 4.69) is 24.1 Å². The predicted octanol–water partition coefficient (Wildman–Crippen LogP) is 2.17. The molecule has 1 N–H and O–H groups in total. The monoisotopic (exact) mass is 238 g/mol. The molecule has 1 amide bonds. The van der Waals surface area contributed by atoms with Gasteiger partial charge in [0.2, 0.25) is 5.91 Å². The van der Waals surface area contributed by atoms with Crippen LogP contribution in [0.2, 0.25) is 0 Å². The average molecular weight is 238 g/mol. The van der Waals surface area contributed by atoms with Gasteiger partial charge in [-0.1, -0.05) is 26.7 Å². The molecule has 98 valence electrons. The Morgan fingerprint density at radius 3 is 2.82 bits per heavy atom. The standard InChI is InChI=1S/C14H26N2O/c1-14(2)8-6-10-16(11-14)13(17)12-7-4-3-5-9-15-12/h12,15H,3-11H2,1-2H3. The molecule has 0 aromatic rings. The van der Waals surface area contributed by atoms with Crippen LogP contribution in [0.3, 0.4) is 0 Å². The number of hydrogen-bond donors (Lipinski definition) is 1. The van der Waals surface area contributed by atoms with Crippen molar-refractivity contribution in [3.8, 4) is 0 Å². The quantitative estimate of drug-likeness (QED) is 0.759. The number of likely N-dealkylation sites (tertiary alicyclic amines) is 1. The number of amides is 1. The lowest BCUT2D eigenvalue weighted by molar-refractivity contribution is -0.136. The third-order valence-electron chi connectivity index (χ3n) is 4.07. The van der Waals surface area contributed by atoms with Gasteiger partial charge in [-0.3, -0.25) is 4.79 Å². The summed E-state index contributed by atoms with van der Waals surface area (Å²) in [5, 5.41) is 3.41. The summed E-state index contributed by atoms with van der Waals surface area (Å²) >= 11 is 0. The number of carbonyl (C=O) groups is 1. The van der Waals surface area contributed by atoms with Crippen molar-refractivity contribution in [2.45, 2.75) is 58.4 Å². The Kier molecular flexibility index (Phi) is 4.08. The summed E-state index contributed by atoms with van der Waals surface area (Å²) < 4.78 is 0. The van der Waals surface area contributed by atoms with E-state index < -0.39 is 0 Å². The summed E-state index contributed by atoms with van der Waals surface area (Å²) in [7, 11) is 0. The average Bonchev–Trinajstić information content (AvgIpc) is 2.55. The van der Waals surface area contributed by atoms with E-state index in [0.717, 1.165) is 32.5 Å². The molecule has 3 nitrogen and oxygen atoms in total. The Bertz CT molecular complexity index is 267. The van der Waals surface area contributed by atoms with Gasteiger partial charge in [0.05, 0.1) is 6.04 Å². The van der Waals surface area contributed by atoms with Gasteiger partial charge in [-0.05, 0) is 37.6 Å². The van der Waals surface area contributed by atoms with Crippen LogP contribution in [0.15, 0.2) is 0 Å². The zero-order valence-corrected chi connectivity index (χ0v) is 11.3. The molecule has 2 saturated heterocycles. The van der Waals surface area contributed by atoms with E-state index in [4.69, 9.17) is 0 Å². The number of hydrogen-bond acceptors (Lipinski definition) is 2. The van der Waals surface area contributed by atoms with Gasteiger partial charge in [-0.25, -0.2) is 0 Å². The van der Waals surface area contributed by atoms with Crippen molar-refractivity contribution in [2.75, 3.05) is 19.6 Å². The molecule has 3 heteroatoms. The first kappa shape index (κ1) is 12.9. The highest BCUT2D eigenvalue weighted by atomic mass is 16.2. The van der Waals surface area contributed by atoms with Gasteiger partial charge in [-0.2, -0.15) is 0 Å². The maximum atomic E-state index is 12.5. The van der Waals surface area contributed by atoms with Crippen molar-refractivity contribution in [3.05, 3.63) is 0 Å². The van der Waals surface area contributed by atoms with Gasteiger partial charge in [0.25, 0.3) is 0 Å². The van der Waals surface area contributed by atoms with Crippen LogP contribution in [0.5, 0.6) is 0 Å². The molecule has 0 radical (unpaired) electrons. The largest absolute Gasteiger partial charge is 0.341 e. The Morgan fingerprint density at radius 1 is 1.24 bits per heavy atom. The lowest BCUT2D eigenvalue weighted by Crippen LogP contribution is -2.51. The third-order valence-corrected chi connectivity index (χ3v) is 4.07. The highest BCUT2D eigenvalue weighted by Crippen LogP contribution is 2.29. The van der Waals surface area contributed by atoms with Gasteiger partial charge >= 0.3 is 0 Å². The molecule has 0 aromatic carbocycles. The Balaban J connectivity index is 1.93. The third kappa shape index (κ3) is 3.44. The molecule has 1 unspecified atom stereocenters. The van der Waals surface area contributed by atoms with Crippen molar-refractivity contribution >= 4 is 5.91 Å². The summed E-state index contributed by atoms with van der Waals surface area (Å²) in [4.78, 5) is 14.5. The Hall–Kier alpha value is -0.570. The van der Waals surface area contributed by atoms with E-state index >= 15 is 0 Å². The predicted molar refractivity (Wildman–Crippen MR) is 69.9 cm³/mol. The number of nitrogens with one attached hydrogen (secondary N) is 1. The minimum atomic E-state index is 0.0893. The van der Waals surface area contributed by atoms with Crippen molar-refractivity contribution in [2.24, 2.45) is 5.41 Å². The molecule has 2 aliphatic heterocycles. The lowest BCUT2D eigenvalue weighted by Gasteiger charge is -2.39. The Morgan fingerprint density at radius 2 is 2.06 bits per heavy atom. The van der Waals surface area contributed by atoms with Crippen LogP contribution in [-0.2, 0) is 4.79 Å². The van der Waals surface area contributed by atoms with Crippen molar-refractivity contribution in [1.82, 2.24) is 10.2 Å². The second kappa shape index (κ2) is 5.38. The molecule has 2 fully saturated rings. The summed E-state index contributed by atoms with van der Waals surface area (Å²) in [5.41, 5.74) is 0.304. The summed E-state index contributed by atoms with van der Waals surface area (Å²) in [6.07, 6.45) is 7.11. The molecule has 0 saturated carbocycles. The maximum absolute atomic E-state index is 12.5. The first-order valence-corrected chi connectivity index (χ1v) is 7.11. The SMILES string of the molecule is CC1(C)CCCN(C(=O)C2CCCCCN2)C1. The van der Waals surface area contributed by atoms with E-state index in [1.807, 2.05) is 0 Å². The van der Waals surface area contributed by atoms with E-state index in [1.165, 1.54) is 25.7 Å². The van der Waals surface area contributed by atoms with Crippen LogP contribution in [-0.4, -0.2) is 36.5 Å². The summed E-state index contributed by atoms with van der Waals surface area (Å²) in [6.45, 7) is 7.44. The molecule has 0 spiro atoms. The minimum Gasteiger partial charge on any atom is -0.341 e. The zero-order valence-electron chi connectivity index (χ0n) is 11.3. The lowest BCUT2D eigenvalue weighted by atomic mass is 9.84. The van der Waals surface area contributed by atoms with Gasteiger partial charge in [-0.15, -0.1) is 0 Å². The molecule has 2 aliphatic rings. The topological polar surface area (TPSA) is 32.3 Å². The van der Waals surface area contributed by atoms with Crippen LogP contribution >= 0.6 is 0 Å². The van der Waals surface area contributed by atoms with Gasteiger partial charge in [0.1, 0.15) is 0 Å². The van der Waals surface area contributed by atoms with E-state index in [9.17, 15) is 4.79 Å².